The molecule has 1 unspecified atom stereocenters. The molecule has 4 rings (SSSR count). The predicted octanol–water partition coefficient (Wildman–Crippen LogP) is 4.82. The van der Waals surface area contributed by atoms with Crippen LogP contribution in [-0.2, 0) is 0 Å². The first-order valence-corrected chi connectivity index (χ1v) is 9.06. The summed E-state index contributed by atoms with van der Waals surface area (Å²) in [6.07, 6.45) is 1.57. The summed E-state index contributed by atoms with van der Waals surface area (Å²) < 4.78 is 10.6. The van der Waals surface area contributed by atoms with Gasteiger partial charge >= 0.3 is 0 Å². The molecule has 28 heavy (non-hydrogen) atoms. The maximum atomic E-state index is 5.33. The van der Waals surface area contributed by atoms with E-state index in [9.17, 15) is 0 Å². The van der Waals surface area contributed by atoms with Crippen molar-refractivity contribution in [3.05, 3.63) is 66.5 Å². The first kappa shape index (κ1) is 17.9. The SMILES string of the molecule is COc1ccc(C(C)Nc2ncnc3[nH]c(-c4cccc(OC)c4)cc23)cc1. The van der Waals surface area contributed by atoms with Gasteiger partial charge in [-0.25, -0.2) is 9.97 Å². The van der Waals surface area contributed by atoms with Crippen LogP contribution in [0, 0.1) is 0 Å². The van der Waals surface area contributed by atoms with Crippen LogP contribution in [0.2, 0.25) is 0 Å². The Hall–Kier alpha value is -3.54. The Morgan fingerprint density at radius 3 is 2.46 bits per heavy atom. The van der Waals surface area contributed by atoms with Crippen molar-refractivity contribution >= 4 is 16.9 Å². The van der Waals surface area contributed by atoms with Crippen molar-refractivity contribution in [1.29, 1.82) is 0 Å². The van der Waals surface area contributed by atoms with Gasteiger partial charge in [0.2, 0.25) is 0 Å². The van der Waals surface area contributed by atoms with Crippen molar-refractivity contribution in [1.82, 2.24) is 15.0 Å². The molecule has 0 aliphatic carbocycles. The number of ether oxygens (including phenoxy) is 2. The minimum absolute atomic E-state index is 0.0826. The van der Waals surface area contributed by atoms with Crippen molar-refractivity contribution in [2.45, 2.75) is 13.0 Å². The van der Waals surface area contributed by atoms with Crippen molar-refractivity contribution in [3.8, 4) is 22.8 Å². The molecule has 0 saturated carbocycles. The molecule has 0 saturated heterocycles. The lowest BCUT2D eigenvalue weighted by atomic mass is 10.1. The van der Waals surface area contributed by atoms with E-state index in [1.165, 1.54) is 0 Å². The topological polar surface area (TPSA) is 72.1 Å². The van der Waals surface area contributed by atoms with Gasteiger partial charge in [0, 0.05) is 17.3 Å². The van der Waals surface area contributed by atoms with Gasteiger partial charge in [0.15, 0.2) is 0 Å². The fraction of sp³-hybridized carbons (Fsp3) is 0.182. The van der Waals surface area contributed by atoms with Crippen LogP contribution in [0.1, 0.15) is 18.5 Å². The number of benzene rings is 2. The molecule has 0 aliphatic rings. The first-order chi connectivity index (χ1) is 13.7. The van der Waals surface area contributed by atoms with Gasteiger partial charge in [-0.3, -0.25) is 0 Å². The summed E-state index contributed by atoms with van der Waals surface area (Å²) in [6.45, 7) is 2.10. The van der Waals surface area contributed by atoms with E-state index in [1.807, 2.05) is 48.5 Å². The van der Waals surface area contributed by atoms with Gasteiger partial charge in [0.1, 0.15) is 29.3 Å². The van der Waals surface area contributed by atoms with E-state index in [1.54, 1.807) is 20.5 Å². The number of fused-ring (bicyclic) bond motifs is 1. The quantitative estimate of drug-likeness (QED) is 0.506. The highest BCUT2D eigenvalue weighted by Gasteiger charge is 2.13. The highest BCUT2D eigenvalue weighted by molar-refractivity contribution is 5.91. The Bertz CT molecular complexity index is 1090. The molecule has 0 spiro atoms. The summed E-state index contributed by atoms with van der Waals surface area (Å²) in [5.41, 5.74) is 3.94. The highest BCUT2D eigenvalue weighted by Crippen LogP contribution is 2.30. The molecule has 0 bridgehead atoms. The summed E-state index contributed by atoms with van der Waals surface area (Å²) in [5.74, 6) is 2.45. The molecule has 0 amide bonds. The Morgan fingerprint density at radius 1 is 0.929 bits per heavy atom. The number of aromatic nitrogens is 3. The lowest BCUT2D eigenvalue weighted by Gasteiger charge is -2.15. The van der Waals surface area contributed by atoms with Gasteiger partial charge in [0.25, 0.3) is 0 Å². The summed E-state index contributed by atoms with van der Waals surface area (Å²) in [4.78, 5) is 12.2. The standard InChI is InChI=1S/C22H22N4O2/c1-14(15-7-9-17(27-2)10-8-15)25-21-19-12-20(26-22(19)24-13-23-21)16-5-4-6-18(11-16)28-3/h4-14H,1-3H3,(H2,23,24,25,26). The fourth-order valence-electron chi connectivity index (χ4n) is 3.18. The molecule has 0 radical (unpaired) electrons. The van der Waals surface area contributed by atoms with Crippen LogP contribution in [-0.4, -0.2) is 29.2 Å². The molecule has 2 aromatic carbocycles. The maximum absolute atomic E-state index is 5.33. The third-order valence-corrected chi connectivity index (χ3v) is 4.78. The molecular formula is C22H22N4O2. The molecule has 4 aromatic rings. The molecule has 2 aromatic heterocycles. The summed E-state index contributed by atoms with van der Waals surface area (Å²) in [7, 11) is 3.33. The van der Waals surface area contributed by atoms with Crippen molar-refractivity contribution in [2.75, 3.05) is 19.5 Å². The van der Waals surface area contributed by atoms with Crippen LogP contribution in [0.15, 0.2) is 60.9 Å². The molecular weight excluding hydrogens is 352 g/mol. The zero-order chi connectivity index (χ0) is 19.5. The Labute approximate surface area is 163 Å². The van der Waals surface area contributed by atoms with Gasteiger partial charge in [-0.1, -0.05) is 24.3 Å². The zero-order valence-corrected chi connectivity index (χ0v) is 16.1. The van der Waals surface area contributed by atoms with E-state index in [0.717, 1.165) is 45.2 Å². The number of aromatic amines is 1. The summed E-state index contributed by atoms with van der Waals surface area (Å²) in [5, 5.41) is 4.43. The molecule has 2 N–H and O–H groups in total. The van der Waals surface area contributed by atoms with Crippen molar-refractivity contribution < 1.29 is 9.47 Å². The number of methoxy groups -OCH3 is 2. The van der Waals surface area contributed by atoms with Crippen LogP contribution in [0.3, 0.4) is 0 Å². The Kier molecular flexibility index (Phi) is 4.85. The fourth-order valence-corrected chi connectivity index (χ4v) is 3.18. The number of hydrogen-bond donors (Lipinski definition) is 2. The zero-order valence-electron chi connectivity index (χ0n) is 16.1. The van der Waals surface area contributed by atoms with E-state index < -0.39 is 0 Å². The van der Waals surface area contributed by atoms with E-state index in [-0.39, 0.29) is 6.04 Å². The Morgan fingerprint density at radius 2 is 1.71 bits per heavy atom. The van der Waals surface area contributed by atoms with Crippen LogP contribution in [0.25, 0.3) is 22.3 Å². The van der Waals surface area contributed by atoms with Gasteiger partial charge in [0.05, 0.1) is 19.6 Å². The monoisotopic (exact) mass is 374 g/mol. The molecule has 0 aliphatic heterocycles. The van der Waals surface area contributed by atoms with Gasteiger partial charge < -0.3 is 19.8 Å². The minimum atomic E-state index is 0.0826. The van der Waals surface area contributed by atoms with E-state index in [2.05, 4.69) is 33.3 Å². The van der Waals surface area contributed by atoms with Crippen LogP contribution in [0.5, 0.6) is 11.5 Å². The summed E-state index contributed by atoms with van der Waals surface area (Å²) in [6, 6.07) is 18.1. The molecule has 2 heterocycles. The van der Waals surface area contributed by atoms with E-state index in [4.69, 9.17) is 9.47 Å². The van der Waals surface area contributed by atoms with Gasteiger partial charge in [-0.15, -0.1) is 0 Å². The van der Waals surface area contributed by atoms with Crippen molar-refractivity contribution in [3.63, 3.8) is 0 Å². The normalized spacial score (nSPS) is 12.0. The molecule has 1 atom stereocenters. The van der Waals surface area contributed by atoms with Gasteiger partial charge in [-0.05, 0) is 42.8 Å². The smallest absolute Gasteiger partial charge is 0.143 e. The average molecular weight is 374 g/mol. The maximum Gasteiger partial charge on any atom is 0.143 e. The number of nitrogens with zero attached hydrogens (tertiary/aromatic N) is 2. The minimum Gasteiger partial charge on any atom is -0.497 e. The molecule has 6 nitrogen and oxygen atoms in total. The third kappa shape index (κ3) is 3.49. The highest BCUT2D eigenvalue weighted by atomic mass is 16.5. The second kappa shape index (κ2) is 7.60. The number of nitrogens with one attached hydrogen (secondary N) is 2. The lowest BCUT2D eigenvalue weighted by molar-refractivity contribution is 0.414. The second-order valence-corrected chi connectivity index (χ2v) is 6.54. The lowest BCUT2D eigenvalue weighted by Crippen LogP contribution is -2.08. The molecule has 0 fully saturated rings. The average Bonchev–Trinajstić information content (AvgIpc) is 3.19. The predicted molar refractivity (Wildman–Crippen MR) is 111 cm³/mol. The first-order valence-electron chi connectivity index (χ1n) is 9.06. The molecule has 142 valence electrons. The Balaban J connectivity index is 1.64. The largest absolute Gasteiger partial charge is 0.497 e. The summed E-state index contributed by atoms with van der Waals surface area (Å²) >= 11 is 0. The second-order valence-electron chi connectivity index (χ2n) is 6.54. The number of anilines is 1. The van der Waals surface area contributed by atoms with Crippen molar-refractivity contribution in [2.24, 2.45) is 0 Å². The molecule has 6 heteroatoms. The number of rotatable bonds is 6. The van der Waals surface area contributed by atoms with Crippen LogP contribution in [0.4, 0.5) is 5.82 Å². The number of H-pyrrole nitrogens is 1. The van der Waals surface area contributed by atoms with Crippen LogP contribution >= 0.6 is 0 Å². The number of hydrogen-bond acceptors (Lipinski definition) is 5. The van der Waals surface area contributed by atoms with Gasteiger partial charge in [-0.2, -0.15) is 0 Å². The third-order valence-electron chi connectivity index (χ3n) is 4.78. The van der Waals surface area contributed by atoms with Crippen LogP contribution < -0.4 is 14.8 Å². The van der Waals surface area contributed by atoms with E-state index >= 15 is 0 Å². The van der Waals surface area contributed by atoms with E-state index in [0.29, 0.717) is 0 Å².